The van der Waals surface area contributed by atoms with Crippen molar-refractivity contribution in [3.63, 3.8) is 0 Å². The highest BCUT2D eigenvalue weighted by molar-refractivity contribution is 6.23. The molecule has 0 radical (unpaired) electrons. The lowest BCUT2D eigenvalue weighted by Crippen LogP contribution is -2.54. The average Bonchev–Trinajstić information content (AvgIpc) is 3.94. The molecular formula is C37H41N7O5. The minimum absolute atomic E-state index is 0.0685. The molecule has 4 fully saturated rings. The van der Waals surface area contributed by atoms with E-state index in [0.29, 0.717) is 43.5 Å². The molecule has 3 saturated heterocycles. The Hall–Kier alpha value is -4.68. The molecule has 1 atom stereocenters. The summed E-state index contributed by atoms with van der Waals surface area (Å²) in [6, 6.07) is 13.0. The second kappa shape index (κ2) is 12.6. The first-order valence-electron chi connectivity index (χ1n) is 17.5. The average molecular weight is 664 g/mol. The number of carbonyl (C=O) groups excluding carboxylic acids is 4. The number of likely N-dealkylation sites (tertiary alicyclic amines) is 1. The van der Waals surface area contributed by atoms with Gasteiger partial charge in [0, 0.05) is 63.3 Å². The third-order valence-electron chi connectivity index (χ3n) is 10.9. The van der Waals surface area contributed by atoms with Gasteiger partial charge in [0.15, 0.2) is 0 Å². The van der Waals surface area contributed by atoms with E-state index >= 15 is 0 Å². The molecule has 49 heavy (non-hydrogen) atoms. The maximum absolute atomic E-state index is 13.3. The molecule has 3 aromatic rings. The van der Waals surface area contributed by atoms with E-state index in [1.54, 1.807) is 18.2 Å². The van der Waals surface area contributed by atoms with Crippen molar-refractivity contribution in [3.8, 4) is 0 Å². The van der Waals surface area contributed by atoms with Gasteiger partial charge in [-0.2, -0.15) is 0 Å². The molecule has 4 aliphatic heterocycles. The summed E-state index contributed by atoms with van der Waals surface area (Å²) in [4.78, 5) is 65.2. The highest BCUT2D eigenvalue weighted by Crippen LogP contribution is 2.40. The Bertz CT molecular complexity index is 1780. The van der Waals surface area contributed by atoms with Crippen LogP contribution >= 0.6 is 0 Å². The number of anilines is 2. The largest absolute Gasteiger partial charge is 0.385 e. The van der Waals surface area contributed by atoms with E-state index in [1.807, 2.05) is 12.4 Å². The predicted octanol–water partition coefficient (Wildman–Crippen LogP) is 3.32. The third-order valence-corrected chi connectivity index (χ3v) is 10.9. The molecule has 12 heteroatoms. The van der Waals surface area contributed by atoms with Gasteiger partial charge in [0.05, 0.1) is 16.7 Å². The molecule has 1 unspecified atom stereocenters. The fraction of sp³-hybridized carbons (Fsp3) is 0.459. The molecule has 0 bridgehead atoms. The van der Waals surface area contributed by atoms with Crippen LogP contribution < -0.4 is 15.5 Å². The lowest BCUT2D eigenvalue weighted by atomic mass is 9.83. The number of aliphatic hydroxyl groups is 1. The smallest absolute Gasteiger partial charge is 0.262 e. The number of imide groups is 2. The minimum Gasteiger partial charge on any atom is -0.385 e. The molecule has 254 valence electrons. The third kappa shape index (κ3) is 6.30. The first kappa shape index (κ1) is 31.6. The van der Waals surface area contributed by atoms with Crippen LogP contribution in [0.1, 0.15) is 94.7 Å². The van der Waals surface area contributed by atoms with E-state index < -0.39 is 35.3 Å². The van der Waals surface area contributed by atoms with Crippen molar-refractivity contribution in [2.45, 2.75) is 81.5 Å². The van der Waals surface area contributed by atoms with Crippen LogP contribution in [0.4, 0.5) is 11.6 Å². The Kier molecular flexibility index (Phi) is 8.15. The zero-order chi connectivity index (χ0) is 33.7. The Balaban J connectivity index is 0.829. The van der Waals surface area contributed by atoms with E-state index in [1.165, 1.54) is 29.7 Å². The van der Waals surface area contributed by atoms with Crippen LogP contribution in [-0.4, -0.2) is 86.8 Å². The Labute approximate surface area is 284 Å². The zero-order valence-corrected chi connectivity index (χ0v) is 27.4. The van der Waals surface area contributed by atoms with Crippen LogP contribution in [0.25, 0.3) is 0 Å². The van der Waals surface area contributed by atoms with E-state index in [4.69, 9.17) is 0 Å². The van der Waals surface area contributed by atoms with Crippen molar-refractivity contribution in [1.82, 2.24) is 25.1 Å². The number of hydrogen-bond donors (Lipinski definition) is 3. The highest BCUT2D eigenvalue weighted by atomic mass is 16.3. The normalized spacial score (nSPS) is 23.1. The van der Waals surface area contributed by atoms with Crippen LogP contribution in [0.3, 0.4) is 0 Å². The Morgan fingerprint density at radius 3 is 2.20 bits per heavy atom. The second-order valence-electron chi connectivity index (χ2n) is 14.2. The number of fused-ring (bicyclic) bond motifs is 1. The topological polar surface area (TPSA) is 148 Å². The molecule has 8 rings (SSSR count). The van der Waals surface area contributed by atoms with Gasteiger partial charge in [-0.25, -0.2) is 9.97 Å². The van der Waals surface area contributed by atoms with Crippen LogP contribution in [0, 0.1) is 0 Å². The number of benzene rings is 2. The first-order chi connectivity index (χ1) is 23.7. The van der Waals surface area contributed by atoms with Crippen molar-refractivity contribution in [2.24, 2.45) is 0 Å². The van der Waals surface area contributed by atoms with Crippen LogP contribution in [0.15, 0.2) is 54.9 Å². The fourth-order valence-electron chi connectivity index (χ4n) is 7.71. The summed E-state index contributed by atoms with van der Waals surface area (Å²) in [6.45, 7) is 4.08. The number of aromatic nitrogens is 2. The quantitative estimate of drug-likeness (QED) is 0.307. The zero-order valence-electron chi connectivity index (χ0n) is 27.4. The van der Waals surface area contributed by atoms with Crippen LogP contribution in [0.5, 0.6) is 0 Å². The molecule has 0 spiro atoms. The number of amides is 4. The molecule has 5 aliphatic rings. The Morgan fingerprint density at radius 2 is 1.53 bits per heavy atom. The lowest BCUT2D eigenvalue weighted by Gasteiger charge is -2.38. The molecule has 1 aromatic heterocycles. The molecular weight excluding hydrogens is 622 g/mol. The van der Waals surface area contributed by atoms with E-state index in [9.17, 15) is 24.3 Å². The summed E-state index contributed by atoms with van der Waals surface area (Å²) in [5.74, 6) is -0.771. The van der Waals surface area contributed by atoms with Crippen molar-refractivity contribution < 1.29 is 24.3 Å². The minimum atomic E-state index is -1.13. The molecule has 3 N–H and O–H groups in total. The number of carbonyl (C=O) groups is 4. The van der Waals surface area contributed by atoms with E-state index in [0.717, 1.165) is 43.3 Å². The summed E-state index contributed by atoms with van der Waals surface area (Å²) in [5.41, 5.74) is 3.56. The van der Waals surface area contributed by atoms with Gasteiger partial charge in [-0.15, -0.1) is 0 Å². The fourth-order valence-corrected chi connectivity index (χ4v) is 7.71. The first-order valence-corrected chi connectivity index (χ1v) is 17.5. The summed E-state index contributed by atoms with van der Waals surface area (Å²) in [7, 11) is 0. The summed E-state index contributed by atoms with van der Waals surface area (Å²) in [5, 5.41) is 17.4. The van der Waals surface area contributed by atoms with Gasteiger partial charge < -0.3 is 15.3 Å². The molecule has 4 amide bonds. The maximum Gasteiger partial charge on any atom is 0.262 e. The van der Waals surface area contributed by atoms with E-state index in [2.05, 4.69) is 54.7 Å². The van der Waals surface area contributed by atoms with Gasteiger partial charge in [-0.1, -0.05) is 18.2 Å². The number of hydrogen-bond acceptors (Lipinski definition) is 10. The molecule has 2 aromatic carbocycles. The van der Waals surface area contributed by atoms with Crippen molar-refractivity contribution in [1.29, 1.82) is 0 Å². The van der Waals surface area contributed by atoms with Gasteiger partial charge in [0.1, 0.15) is 6.04 Å². The molecule has 5 heterocycles. The number of rotatable bonds is 8. The van der Waals surface area contributed by atoms with Gasteiger partial charge >= 0.3 is 0 Å². The van der Waals surface area contributed by atoms with Crippen LogP contribution in [0.2, 0.25) is 0 Å². The summed E-state index contributed by atoms with van der Waals surface area (Å²) in [6.07, 6.45) is 9.65. The van der Waals surface area contributed by atoms with Crippen molar-refractivity contribution in [2.75, 3.05) is 36.4 Å². The standard InChI is InChI=1S/C37H41N7O5/c45-32-10-9-31(33(46)41-32)44-34(47)29-8-5-26(19-30(29)35(44)48)37(49)13-17-42(18-14-37)22-23-1-6-28(7-2-23)43-15-11-27(12-16-43)40-36-38-20-25(21-39-36)24-3-4-24/h1-2,5-8,19-21,24,27,31,49H,3-4,9-18,22H2,(H,38,39,40)(H,41,45,46). The predicted molar refractivity (Wildman–Crippen MR) is 181 cm³/mol. The summed E-state index contributed by atoms with van der Waals surface area (Å²) >= 11 is 0. The van der Waals surface area contributed by atoms with Gasteiger partial charge in [0.2, 0.25) is 17.8 Å². The van der Waals surface area contributed by atoms with Crippen molar-refractivity contribution in [3.05, 3.63) is 82.7 Å². The molecule has 12 nitrogen and oxygen atoms in total. The number of piperidine rings is 3. The van der Waals surface area contributed by atoms with Gasteiger partial charge in [-0.05, 0) is 91.8 Å². The number of nitrogens with zero attached hydrogens (tertiary/aromatic N) is 5. The molecule has 1 aliphatic carbocycles. The van der Waals surface area contributed by atoms with Crippen molar-refractivity contribution >= 4 is 35.3 Å². The molecule has 1 saturated carbocycles. The van der Waals surface area contributed by atoms with Gasteiger partial charge in [-0.3, -0.25) is 34.3 Å². The number of nitrogens with one attached hydrogen (secondary N) is 2. The monoisotopic (exact) mass is 663 g/mol. The summed E-state index contributed by atoms with van der Waals surface area (Å²) < 4.78 is 0. The van der Waals surface area contributed by atoms with E-state index in [-0.39, 0.29) is 24.0 Å². The second-order valence-corrected chi connectivity index (χ2v) is 14.2. The highest BCUT2D eigenvalue weighted by Gasteiger charge is 2.45. The van der Waals surface area contributed by atoms with Crippen LogP contribution in [-0.2, 0) is 21.7 Å². The lowest BCUT2D eigenvalue weighted by molar-refractivity contribution is -0.136. The Morgan fingerprint density at radius 1 is 0.837 bits per heavy atom. The SMILES string of the molecule is O=C1CCC(N2C(=O)c3ccc(C4(O)CCN(Cc5ccc(N6CCC(Nc7ncc(C8CC8)cn7)CC6)cc5)CC4)cc3C2=O)C(=O)N1. The maximum atomic E-state index is 13.3. The van der Waals surface area contributed by atoms with Gasteiger partial charge in [0.25, 0.3) is 11.8 Å².